The summed E-state index contributed by atoms with van der Waals surface area (Å²) < 4.78 is 0. The van der Waals surface area contributed by atoms with Crippen molar-refractivity contribution in [3.8, 4) is 5.75 Å². The van der Waals surface area contributed by atoms with E-state index < -0.39 is 0 Å². The molecule has 106 valence electrons. The Morgan fingerprint density at radius 1 is 1.10 bits per heavy atom. The molecule has 2 nitrogen and oxygen atoms in total. The van der Waals surface area contributed by atoms with Crippen LogP contribution >= 0.6 is 0 Å². The van der Waals surface area contributed by atoms with E-state index in [2.05, 4.69) is 18.2 Å². The molecule has 0 saturated heterocycles. The van der Waals surface area contributed by atoms with Crippen molar-refractivity contribution >= 4 is 11.9 Å². The molecule has 0 radical (unpaired) electrons. The molecule has 0 fully saturated rings. The van der Waals surface area contributed by atoms with Gasteiger partial charge in [0.15, 0.2) is 0 Å². The molecule has 0 aliphatic carbocycles. The lowest BCUT2D eigenvalue weighted by Gasteiger charge is -2.03. The fraction of sp³-hybridized carbons (Fsp3) is 0.167. The van der Waals surface area contributed by atoms with Crippen molar-refractivity contribution in [2.75, 3.05) is 0 Å². The second-order valence-corrected chi connectivity index (χ2v) is 3.75. The average Bonchev–Trinajstić information content (AvgIpc) is 2.49. The number of benzene rings is 1. The van der Waals surface area contributed by atoms with Crippen LogP contribution in [-0.4, -0.2) is 11.3 Å². The fourth-order valence-electron chi connectivity index (χ4n) is 1.44. The summed E-state index contributed by atoms with van der Waals surface area (Å²) in [4.78, 5) is 4.20. The van der Waals surface area contributed by atoms with Crippen LogP contribution in [0.3, 0.4) is 0 Å². The van der Waals surface area contributed by atoms with Gasteiger partial charge in [-0.2, -0.15) is 0 Å². The lowest BCUT2D eigenvalue weighted by atomic mass is 10.1. The monoisotopic (exact) mass is 269 g/mol. The molecule has 0 aliphatic rings. The maximum Gasteiger partial charge on any atom is 0.144 e. The molecule has 1 rings (SSSR count). The fourth-order valence-corrected chi connectivity index (χ4v) is 1.44. The largest absolute Gasteiger partial charge is 0.505 e. The number of para-hydroxylation sites is 1. The van der Waals surface area contributed by atoms with Crippen molar-refractivity contribution in [3.05, 3.63) is 73.4 Å². The third kappa shape index (κ3) is 6.55. The van der Waals surface area contributed by atoms with E-state index in [9.17, 15) is 5.11 Å². The average molecular weight is 269 g/mol. The van der Waals surface area contributed by atoms with Gasteiger partial charge in [-0.3, -0.25) is 4.99 Å². The van der Waals surface area contributed by atoms with E-state index >= 15 is 0 Å². The molecule has 2 heteroatoms. The number of hydrogen-bond donors (Lipinski definition) is 1. The Kier molecular flexibility index (Phi) is 10.3. The Hall–Kier alpha value is -2.35. The number of phenols is 1. The number of aliphatic imine (C=N–C) groups is 1. The molecule has 0 saturated carbocycles. The predicted molar refractivity (Wildman–Crippen MR) is 90.0 cm³/mol. The lowest BCUT2D eigenvalue weighted by molar-refractivity contribution is 0.471. The minimum Gasteiger partial charge on any atom is -0.505 e. The quantitative estimate of drug-likeness (QED) is 0.447. The SMILES string of the molecule is C/C=C\C=Nc1cccc(C/C=C\C=C/C)c1O.C=C. The first-order valence-electron chi connectivity index (χ1n) is 6.53. The van der Waals surface area contributed by atoms with Crippen molar-refractivity contribution in [2.24, 2.45) is 4.99 Å². The Morgan fingerprint density at radius 2 is 1.80 bits per heavy atom. The van der Waals surface area contributed by atoms with E-state index in [1.807, 2.05) is 62.4 Å². The summed E-state index contributed by atoms with van der Waals surface area (Å²) in [6.07, 6.45) is 14.0. The molecule has 0 spiro atoms. The standard InChI is InChI=1S/C16H19NO.C2H4/c1-3-5-7-8-10-14-11-9-12-15(16(14)18)17-13-6-4-2;1-2/h3-9,11-13,18H,10H2,1-2H3;1-2H2/b5-3-,6-4-,8-7-,17-13?;. The molecule has 1 N–H and O–H groups in total. The molecule has 0 unspecified atom stereocenters. The van der Waals surface area contributed by atoms with Gasteiger partial charge in [0.1, 0.15) is 11.4 Å². The van der Waals surface area contributed by atoms with Crippen molar-refractivity contribution in [3.63, 3.8) is 0 Å². The Balaban J connectivity index is 0.00000172. The molecule has 0 atom stereocenters. The molecule has 0 aromatic heterocycles. The minimum absolute atomic E-state index is 0.253. The van der Waals surface area contributed by atoms with Crippen LogP contribution in [0, 0.1) is 0 Å². The highest BCUT2D eigenvalue weighted by atomic mass is 16.3. The van der Waals surface area contributed by atoms with E-state index in [0.29, 0.717) is 12.1 Å². The van der Waals surface area contributed by atoms with Gasteiger partial charge in [-0.1, -0.05) is 42.5 Å². The molecule has 0 bridgehead atoms. The summed E-state index contributed by atoms with van der Waals surface area (Å²) in [5.41, 5.74) is 1.48. The van der Waals surface area contributed by atoms with Gasteiger partial charge in [-0.25, -0.2) is 0 Å². The second kappa shape index (κ2) is 11.7. The molecule has 1 aromatic carbocycles. The molecule has 1 aromatic rings. The Bertz CT molecular complexity index is 496. The summed E-state index contributed by atoms with van der Waals surface area (Å²) in [7, 11) is 0. The number of phenolic OH excluding ortho intramolecular Hbond substituents is 1. The van der Waals surface area contributed by atoms with Gasteiger partial charge in [-0.15, -0.1) is 13.2 Å². The molecule has 20 heavy (non-hydrogen) atoms. The first kappa shape index (κ1) is 17.6. The van der Waals surface area contributed by atoms with Crippen molar-refractivity contribution in [2.45, 2.75) is 20.3 Å². The minimum atomic E-state index is 0.253. The van der Waals surface area contributed by atoms with Crippen LogP contribution in [0.4, 0.5) is 5.69 Å². The third-order valence-electron chi connectivity index (χ3n) is 2.37. The van der Waals surface area contributed by atoms with Crippen LogP contribution in [-0.2, 0) is 6.42 Å². The van der Waals surface area contributed by atoms with E-state index in [1.54, 1.807) is 12.3 Å². The lowest BCUT2D eigenvalue weighted by Crippen LogP contribution is -1.82. The zero-order chi connectivity index (χ0) is 15.2. The Morgan fingerprint density at radius 3 is 2.45 bits per heavy atom. The number of hydrogen-bond acceptors (Lipinski definition) is 2. The van der Waals surface area contributed by atoms with Gasteiger partial charge in [0.25, 0.3) is 0 Å². The maximum absolute atomic E-state index is 10.1. The molecule has 0 amide bonds. The van der Waals surface area contributed by atoms with Crippen molar-refractivity contribution in [1.29, 1.82) is 0 Å². The number of allylic oxidation sites excluding steroid dienone is 6. The van der Waals surface area contributed by atoms with Crippen LogP contribution in [0.1, 0.15) is 19.4 Å². The summed E-state index contributed by atoms with van der Waals surface area (Å²) in [6, 6.07) is 5.61. The molecular weight excluding hydrogens is 246 g/mol. The predicted octanol–water partition coefficient (Wildman–Crippen LogP) is 5.15. The summed E-state index contributed by atoms with van der Waals surface area (Å²) in [5.74, 6) is 0.253. The van der Waals surface area contributed by atoms with E-state index in [-0.39, 0.29) is 5.75 Å². The molecule has 0 heterocycles. The summed E-state index contributed by atoms with van der Waals surface area (Å²) in [5, 5.41) is 10.1. The molecular formula is C18H23NO. The van der Waals surface area contributed by atoms with Crippen molar-refractivity contribution < 1.29 is 5.11 Å². The topological polar surface area (TPSA) is 32.6 Å². The maximum atomic E-state index is 10.1. The normalized spacial score (nSPS) is 11.5. The van der Waals surface area contributed by atoms with E-state index in [1.165, 1.54) is 0 Å². The van der Waals surface area contributed by atoms with Crippen LogP contribution in [0.2, 0.25) is 0 Å². The van der Waals surface area contributed by atoms with Gasteiger partial charge < -0.3 is 5.11 Å². The first-order chi connectivity index (χ1) is 9.79. The van der Waals surface area contributed by atoms with E-state index in [4.69, 9.17) is 0 Å². The smallest absolute Gasteiger partial charge is 0.144 e. The summed E-state index contributed by atoms with van der Waals surface area (Å²) in [6.45, 7) is 9.90. The highest BCUT2D eigenvalue weighted by Gasteiger charge is 2.03. The van der Waals surface area contributed by atoms with Crippen LogP contribution in [0.5, 0.6) is 5.75 Å². The number of nitrogens with zero attached hydrogens (tertiary/aromatic N) is 1. The highest BCUT2D eigenvalue weighted by molar-refractivity contribution is 5.76. The van der Waals surface area contributed by atoms with Gasteiger partial charge >= 0.3 is 0 Å². The van der Waals surface area contributed by atoms with Crippen molar-refractivity contribution in [1.82, 2.24) is 0 Å². The van der Waals surface area contributed by atoms with Gasteiger partial charge in [-0.05, 0) is 38.0 Å². The van der Waals surface area contributed by atoms with Crippen LogP contribution < -0.4 is 0 Å². The molecule has 0 aliphatic heterocycles. The number of aromatic hydroxyl groups is 1. The van der Waals surface area contributed by atoms with Crippen LogP contribution in [0.25, 0.3) is 0 Å². The number of rotatable bonds is 5. The van der Waals surface area contributed by atoms with Crippen LogP contribution in [0.15, 0.2) is 72.8 Å². The first-order valence-corrected chi connectivity index (χ1v) is 6.53. The van der Waals surface area contributed by atoms with Gasteiger partial charge in [0, 0.05) is 6.21 Å². The zero-order valence-corrected chi connectivity index (χ0v) is 12.3. The second-order valence-electron chi connectivity index (χ2n) is 3.75. The van der Waals surface area contributed by atoms with Gasteiger partial charge in [0.05, 0.1) is 0 Å². The highest BCUT2D eigenvalue weighted by Crippen LogP contribution is 2.30. The third-order valence-corrected chi connectivity index (χ3v) is 2.37. The van der Waals surface area contributed by atoms with E-state index in [0.717, 1.165) is 5.56 Å². The zero-order valence-electron chi connectivity index (χ0n) is 12.3. The Labute approximate surface area is 122 Å². The summed E-state index contributed by atoms with van der Waals surface area (Å²) >= 11 is 0. The van der Waals surface area contributed by atoms with Gasteiger partial charge in [0.2, 0.25) is 0 Å².